The molecule has 10 heterocycles. The van der Waals surface area contributed by atoms with Crippen molar-refractivity contribution in [2.45, 2.75) is 59.1 Å². The van der Waals surface area contributed by atoms with E-state index in [9.17, 15) is 49.9 Å². The summed E-state index contributed by atoms with van der Waals surface area (Å²) in [4.78, 5) is 97.3. The largest absolute Gasteiger partial charge is 0.416 e. The predicted molar refractivity (Wildman–Crippen MR) is 458 cm³/mol. The number of aromatic nitrogens is 10. The maximum absolute atomic E-state index is 14.1. The first-order valence-electron chi connectivity index (χ1n) is 38.6. The van der Waals surface area contributed by atoms with Gasteiger partial charge in [0.2, 0.25) is 23.8 Å². The van der Waals surface area contributed by atoms with Crippen molar-refractivity contribution in [2.75, 3.05) is 152 Å². The normalized spacial score (nSPS) is 14.3. The number of alkyl halides is 3. The van der Waals surface area contributed by atoms with Crippen molar-refractivity contribution in [3.63, 3.8) is 0 Å². The Morgan fingerprint density at radius 3 is 1.27 bits per heavy atom. The van der Waals surface area contributed by atoms with E-state index in [1.165, 1.54) is 43.2 Å². The zero-order valence-corrected chi connectivity index (χ0v) is 69.3. The predicted octanol–water partition coefficient (Wildman–Crippen LogP) is 13.3. The van der Waals surface area contributed by atoms with Gasteiger partial charge >= 0.3 is 6.18 Å². The first kappa shape index (κ1) is 92.0. The van der Waals surface area contributed by atoms with E-state index in [1.54, 1.807) is 68.1 Å². The standard InChI is InChI=1S/C23H22ClFN6O2.C22H21ClFN7O2.C19H21ClFN5O2.C19H19F4N5O2/c1-15-4-2-6-18(24)17(15)12-21(32)20-7-3-5-16(28-20)13-27-30-23-26-14-19(25)22(29-23)31-8-10-33-11-9-31;1-14-3-2-4-17(23)19(14)28-21(32)15-5-6-25-16(11-15)12-27-30-22-26-13-18(24)20(29-22)31-7-9-33-10-8-31;1-13-3-2-4-16(20)15(13)11-14(27)5-6-23-25-19-22-12-17(21)18(24-19)26-7-9-28-10-8-26;20-16-12-24-18(26-17(16)28-6-8-30-9-7-28)27-25-5-4-15(29)11-13-2-1-3-14(10-13)19(21,22)23/h2-7,13-14H,8-12H2,1H3,(H,26,29,30);2-6,11-13H,7-10H2,1H3,(H,28,32)(H,26,29,30);2-4,6,12H,5,7-11H2,1H3,(H,22,24,25);1-3,5,10,12H,4,6-9,11H2,(H,24,26,27)/b27-13+;27-12+;23-6+;25-5+. The molecular formula is C83H83Cl3F7N23O8. The second-order valence-electron chi connectivity index (χ2n) is 27.5. The second kappa shape index (κ2) is 46.0. The summed E-state index contributed by atoms with van der Waals surface area (Å²) in [7, 11) is 0. The Morgan fingerprint density at radius 1 is 0.444 bits per heavy atom. The number of pyridine rings is 2. The second-order valence-corrected chi connectivity index (χ2v) is 28.7. The van der Waals surface area contributed by atoms with Gasteiger partial charge in [0, 0.05) is 119 Å². The van der Waals surface area contributed by atoms with Gasteiger partial charge in [0.1, 0.15) is 17.3 Å². The molecule has 10 aromatic rings. The average Bonchev–Trinajstić information content (AvgIpc) is 0.840. The number of hydrazone groups is 4. The molecule has 4 fully saturated rings. The molecule has 0 unspecified atom stereocenters. The zero-order chi connectivity index (χ0) is 87.9. The summed E-state index contributed by atoms with van der Waals surface area (Å²) in [5.74, 6) is -1.65. The molecule has 0 radical (unpaired) electrons. The lowest BCUT2D eigenvalue weighted by molar-refractivity contribution is -0.137. The van der Waals surface area contributed by atoms with Crippen molar-refractivity contribution < 1.29 is 68.9 Å². The molecule has 31 nitrogen and oxygen atoms in total. The van der Waals surface area contributed by atoms with Crippen molar-refractivity contribution in [3.05, 3.63) is 240 Å². The van der Waals surface area contributed by atoms with E-state index in [2.05, 4.69) is 97.3 Å². The molecule has 0 aliphatic carbocycles. The van der Waals surface area contributed by atoms with E-state index >= 15 is 0 Å². The molecule has 4 aromatic carbocycles. The number of hydrogen-bond acceptors (Lipinski definition) is 30. The fourth-order valence-electron chi connectivity index (χ4n) is 12.2. The van der Waals surface area contributed by atoms with Gasteiger partial charge in [0.05, 0.1) is 118 Å². The third-order valence-corrected chi connectivity index (χ3v) is 19.7. The third-order valence-electron chi connectivity index (χ3n) is 18.7. The molecule has 4 saturated heterocycles. The topological polar surface area (TPSA) is 357 Å². The number of aryl methyl sites for hydroxylation is 3. The van der Waals surface area contributed by atoms with Crippen LogP contribution in [0, 0.1) is 44.0 Å². The van der Waals surface area contributed by atoms with Crippen LogP contribution in [0.3, 0.4) is 0 Å². The Morgan fingerprint density at radius 2 is 0.839 bits per heavy atom. The Hall–Kier alpha value is -12.7. The molecule has 4 aliphatic heterocycles. The summed E-state index contributed by atoms with van der Waals surface area (Å²) < 4.78 is 115. The molecule has 41 heteroatoms. The summed E-state index contributed by atoms with van der Waals surface area (Å²) >= 11 is 18.6. The lowest BCUT2D eigenvalue weighted by Crippen LogP contribution is -2.37. The molecular weight excluding hydrogens is 1690 g/mol. The van der Waals surface area contributed by atoms with E-state index < -0.39 is 35.0 Å². The van der Waals surface area contributed by atoms with Crippen LogP contribution in [0.1, 0.15) is 84.0 Å². The van der Waals surface area contributed by atoms with Gasteiger partial charge < -0.3 is 43.9 Å². The zero-order valence-electron chi connectivity index (χ0n) is 67.0. The van der Waals surface area contributed by atoms with Crippen molar-refractivity contribution in [1.29, 1.82) is 0 Å². The molecule has 1 amide bonds. The number of carbonyl (C=O) groups excluding carboxylic acids is 4. The summed E-state index contributed by atoms with van der Waals surface area (Å²) in [5.41, 5.74) is 16.5. The van der Waals surface area contributed by atoms with E-state index in [-0.39, 0.29) is 108 Å². The summed E-state index contributed by atoms with van der Waals surface area (Å²) in [6.45, 7) is 14.1. The van der Waals surface area contributed by atoms with Gasteiger partial charge in [-0.05, 0) is 103 Å². The number of halogens is 10. The Labute approximate surface area is 722 Å². The van der Waals surface area contributed by atoms with Crippen LogP contribution in [-0.4, -0.2) is 203 Å². The van der Waals surface area contributed by atoms with Crippen molar-refractivity contribution in [3.8, 4) is 0 Å². The Balaban J connectivity index is 0.000000161. The molecule has 0 spiro atoms. The van der Waals surface area contributed by atoms with Crippen LogP contribution in [-0.2, 0) is 54.0 Å². The number of benzene rings is 4. The van der Waals surface area contributed by atoms with Crippen molar-refractivity contribution in [1.82, 2.24) is 49.8 Å². The van der Waals surface area contributed by atoms with Gasteiger partial charge in [-0.3, -0.25) is 24.2 Å². The minimum absolute atomic E-state index is 0.0178. The summed E-state index contributed by atoms with van der Waals surface area (Å²) in [6.07, 6.45) is 7.20. The molecule has 0 atom stereocenters. The first-order valence-corrected chi connectivity index (χ1v) is 39.8. The SMILES string of the molecule is Cc1cccc(Cl)c1CC(=O)C/C=N/Nc1ncc(F)c(N2CCOCC2)n1.Cc1cccc(Cl)c1CC(=O)c1cccc(/C=N/Nc2ncc(F)c(N3CCOCC3)n2)n1.Cc1cccc(Cl)c1NC(=O)c1ccnc(/C=N/Nc2ncc(F)c(N3CCOCC3)n2)c1.O=C(C/C=N/Nc1ncc(F)c(N2CCOCC2)n1)Cc1cccc(C(F)(F)F)c1. The van der Waals surface area contributed by atoms with E-state index in [1.807, 2.05) is 57.2 Å². The molecule has 6 aromatic heterocycles. The molecule has 0 saturated carbocycles. The van der Waals surface area contributed by atoms with Gasteiger partial charge in [-0.15, -0.1) is 0 Å². The number of morpholine rings is 4. The van der Waals surface area contributed by atoms with Crippen LogP contribution in [0.4, 0.5) is 83.5 Å². The Bertz CT molecular complexity index is 5230. The molecule has 4 aliphatic rings. The van der Waals surface area contributed by atoms with Gasteiger partial charge in [-0.1, -0.05) is 95.5 Å². The monoisotopic (exact) mass is 1770 g/mol. The first-order chi connectivity index (χ1) is 59.9. The highest BCUT2D eigenvalue weighted by molar-refractivity contribution is 6.34. The highest BCUT2D eigenvalue weighted by atomic mass is 35.5. The smallest absolute Gasteiger partial charge is 0.378 e. The number of Topliss-reactive ketones (excluding diaryl/α,β-unsaturated/α-hetero) is 3. The number of nitrogens with one attached hydrogen (secondary N) is 5. The van der Waals surface area contributed by atoms with Gasteiger partial charge in [-0.25, -0.2) is 64.2 Å². The van der Waals surface area contributed by atoms with Crippen LogP contribution in [0.25, 0.3) is 0 Å². The van der Waals surface area contributed by atoms with Crippen molar-refractivity contribution >= 4 is 136 Å². The van der Waals surface area contributed by atoms with Gasteiger partial charge in [0.15, 0.2) is 52.3 Å². The molecule has 648 valence electrons. The van der Waals surface area contributed by atoms with Crippen LogP contribution >= 0.6 is 34.8 Å². The molecule has 14 rings (SSSR count). The van der Waals surface area contributed by atoms with Gasteiger partial charge in [-0.2, -0.15) is 53.5 Å². The minimum atomic E-state index is -4.46. The minimum Gasteiger partial charge on any atom is -0.378 e. The summed E-state index contributed by atoms with van der Waals surface area (Å²) in [6, 6.07) is 29.3. The van der Waals surface area contributed by atoms with Gasteiger partial charge in [0.25, 0.3) is 5.91 Å². The Kier molecular flexibility index (Phi) is 34.1. The van der Waals surface area contributed by atoms with Crippen LogP contribution in [0.5, 0.6) is 0 Å². The maximum Gasteiger partial charge on any atom is 0.416 e. The van der Waals surface area contributed by atoms with Crippen molar-refractivity contribution in [2.24, 2.45) is 20.4 Å². The number of ketones is 3. The number of anilines is 9. The number of rotatable bonds is 27. The lowest BCUT2D eigenvalue weighted by Gasteiger charge is -2.27. The van der Waals surface area contributed by atoms with Crippen LogP contribution in [0.2, 0.25) is 15.1 Å². The third kappa shape index (κ3) is 27.6. The number of hydrogen-bond donors (Lipinski definition) is 5. The number of para-hydroxylation sites is 1. The van der Waals surface area contributed by atoms with E-state index in [0.717, 1.165) is 64.7 Å². The fraction of sp³-hybridized carbons (Fsp3) is 0.301. The molecule has 5 N–H and O–H groups in total. The van der Waals surface area contributed by atoms with E-state index in [0.29, 0.717) is 149 Å². The quantitative estimate of drug-likeness (QED) is 0.0138. The number of nitrogens with zero attached hydrogens (tertiary/aromatic N) is 18. The average molecular weight is 1770 g/mol. The summed E-state index contributed by atoms with van der Waals surface area (Å²) in [5, 5.41) is 20.3. The van der Waals surface area contributed by atoms with Crippen LogP contribution < -0.4 is 46.6 Å². The molecule has 0 bridgehead atoms. The maximum atomic E-state index is 14.1. The van der Waals surface area contributed by atoms with E-state index in [4.69, 9.17) is 53.8 Å². The number of carbonyl (C=O) groups is 4. The lowest BCUT2D eigenvalue weighted by atomic mass is 10.0. The van der Waals surface area contributed by atoms with Crippen LogP contribution in [0.15, 0.2) is 161 Å². The number of amides is 1. The highest BCUT2D eigenvalue weighted by Crippen LogP contribution is 2.32. The highest BCUT2D eigenvalue weighted by Gasteiger charge is 2.31. The fourth-order valence-corrected chi connectivity index (χ4v) is 13.1. The molecule has 124 heavy (non-hydrogen) atoms. The number of ether oxygens (including phenoxy) is 4.